The molecule has 2 aromatic carbocycles. The highest BCUT2D eigenvalue weighted by atomic mass is 32.1. The van der Waals surface area contributed by atoms with Crippen LogP contribution in [0.3, 0.4) is 0 Å². The van der Waals surface area contributed by atoms with Crippen LogP contribution in [0, 0.1) is 13.8 Å². The summed E-state index contributed by atoms with van der Waals surface area (Å²) in [6, 6.07) is 17.0. The zero-order valence-corrected chi connectivity index (χ0v) is 16.1. The number of fused-ring (bicyclic) bond motifs is 2. The minimum atomic E-state index is -0.279. The molecule has 0 radical (unpaired) electrons. The summed E-state index contributed by atoms with van der Waals surface area (Å²) in [4.78, 5) is 17.2. The molecule has 1 amide bonds. The maximum Gasteiger partial charge on any atom is 0.291 e. The van der Waals surface area contributed by atoms with E-state index in [1.54, 1.807) is 6.07 Å². The Hall–Kier alpha value is -3.45. The van der Waals surface area contributed by atoms with Crippen LogP contribution < -0.4 is 5.32 Å². The fourth-order valence-electron chi connectivity index (χ4n) is 3.19. The van der Waals surface area contributed by atoms with Gasteiger partial charge in [0, 0.05) is 16.8 Å². The van der Waals surface area contributed by atoms with E-state index in [0.29, 0.717) is 11.3 Å². The van der Waals surface area contributed by atoms with Crippen molar-refractivity contribution in [2.75, 3.05) is 5.32 Å². The molecule has 28 heavy (non-hydrogen) atoms. The molecule has 0 aliphatic carbocycles. The summed E-state index contributed by atoms with van der Waals surface area (Å²) >= 11 is 1.53. The fourth-order valence-corrected chi connectivity index (χ4v) is 4.21. The number of rotatable bonds is 3. The Labute approximate surface area is 164 Å². The first-order valence-electron chi connectivity index (χ1n) is 8.81. The van der Waals surface area contributed by atoms with Gasteiger partial charge in [0.1, 0.15) is 5.58 Å². The molecule has 0 spiro atoms. The number of anilines is 1. The van der Waals surface area contributed by atoms with Gasteiger partial charge >= 0.3 is 0 Å². The molecule has 0 atom stereocenters. The lowest BCUT2D eigenvalue weighted by atomic mass is 10.2. The van der Waals surface area contributed by atoms with Crippen molar-refractivity contribution in [1.29, 1.82) is 0 Å². The topological polar surface area (TPSA) is 73.0 Å². The van der Waals surface area contributed by atoms with Crippen molar-refractivity contribution in [1.82, 2.24) is 14.8 Å². The molecule has 3 heterocycles. The van der Waals surface area contributed by atoms with E-state index >= 15 is 0 Å². The fraction of sp³-hybridized carbons (Fsp3) is 0.0952. The molecule has 138 valence electrons. The minimum absolute atomic E-state index is 0.279. The lowest BCUT2D eigenvalue weighted by Crippen LogP contribution is -2.10. The Morgan fingerprint density at radius 1 is 1.11 bits per heavy atom. The average molecular weight is 388 g/mol. The molecular weight excluding hydrogens is 372 g/mol. The van der Waals surface area contributed by atoms with E-state index in [1.165, 1.54) is 11.3 Å². The second-order valence-corrected chi connectivity index (χ2v) is 7.63. The zero-order chi connectivity index (χ0) is 19.3. The maximum absolute atomic E-state index is 12.6. The number of hydrogen-bond acceptors (Lipinski definition) is 5. The Morgan fingerprint density at radius 2 is 1.96 bits per heavy atom. The largest absolute Gasteiger partial charge is 0.451 e. The Bertz CT molecular complexity index is 1310. The molecule has 0 unspecified atom stereocenters. The Balaban J connectivity index is 1.44. The number of nitrogens with one attached hydrogen (secondary N) is 1. The second kappa shape index (κ2) is 6.31. The standard InChI is InChI=1S/C21H16N4O2S/c1-12-9-13(2)25(24-12)21-23-16-8-7-15(11-19(16)28-21)22-20(26)18-10-14-5-3-4-6-17(14)27-18/h3-11H,1-2H3,(H,22,26). The first-order chi connectivity index (χ1) is 13.6. The van der Waals surface area contributed by atoms with Crippen molar-refractivity contribution >= 4 is 44.1 Å². The van der Waals surface area contributed by atoms with Crippen molar-refractivity contribution in [3.05, 3.63) is 71.7 Å². The third kappa shape index (κ3) is 2.86. The third-order valence-corrected chi connectivity index (χ3v) is 5.47. The predicted octanol–water partition coefficient (Wildman–Crippen LogP) is 5.10. The number of amides is 1. The van der Waals surface area contributed by atoms with Gasteiger partial charge in [-0.15, -0.1) is 0 Å². The van der Waals surface area contributed by atoms with E-state index < -0.39 is 0 Å². The minimum Gasteiger partial charge on any atom is -0.451 e. The normalized spacial score (nSPS) is 11.4. The highest BCUT2D eigenvalue weighted by molar-refractivity contribution is 7.20. The van der Waals surface area contributed by atoms with Gasteiger partial charge in [0.25, 0.3) is 5.91 Å². The highest BCUT2D eigenvalue weighted by Crippen LogP contribution is 2.28. The lowest BCUT2D eigenvalue weighted by Gasteiger charge is -2.02. The molecule has 6 nitrogen and oxygen atoms in total. The molecule has 7 heteroatoms. The first-order valence-corrected chi connectivity index (χ1v) is 9.63. The van der Waals surface area contributed by atoms with E-state index in [4.69, 9.17) is 4.42 Å². The zero-order valence-electron chi connectivity index (χ0n) is 15.3. The van der Waals surface area contributed by atoms with E-state index in [0.717, 1.165) is 32.1 Å². The van der Waals surface area contributed by atoms with Crippen LogP contribution in [0.4, 0.5) is 5.69 Å². The number of thiazole rings is 1. The number of carbonyl (C=O) groups is 1. The van der Waals surface area contributed by atoms with Gasteiger partial charge in [-0.3, -0.25) is 4.79 Å². The number of aryl methyl sites for hydroxylation is 2. The SMILES string of the molecule is Cc1cc(C)n(-c2nc3ccc(NC(=O)c4cc5ccccc5o4)cc3s2)n1. The monoisotopic (exact) mass is 388 g/mol. The van der Waals surface area contributed by atoms with E-state index in [-0.39, 0.29) is 11.7 Å². The van der Waals surface area contributed by atoms with Crippen molar-refractivity contribution in [2.24, 2.45) is 0 Å². The van der Waals surface area contributed by atoms with Gasteiger partial charge in [0.05, 0.1) is 15.9 Å². The molecule has 0 saturated heterocycles. The van der Waals surface area contributed by atoms with Gasteiger partial charge in [0.15, 0.2) is 5.76 Å². The number of nitrogens with zero attached hydrogens (tertiary/aromatic N) is 3. The van der Waals surface area contributed by atoms with Crippen molar-refractivity contribution in [2.45, 2.75) is 13.8 Å². The van der Waals surface area contributed by atoms with Gasteiger partial charge in [0.2, 0.25) is 5.13 Å². The first kappa shape index (κ1) is 16.7. The van der Waals surface area contributed by atoms with E-state index in [2.05, 4.69) is 15.4 Å². The van der Waals surface area contributed by atoms with Gasteiger partial charge in [-0.25, -0.2) is 9.67 Å². The maximum atomic E-state index is 12.6. The molecule has 0 aliphatic heterocycles. The molecule has 5 rings (SSSR count). The van der Waals surface area contributed by atoms with Gasteiger partial charge in [-0.2, -0.15) is 5.10 Å². The molecule has 1 N–H and O–H groups in total. The molecule has 0 saturated carbocycles. The van der Waals surface area contributed by atoms with Crippen molar-refractivity contribution in [3.63, 3.8) is 0 Å². The predicted molar refractivity (Wildman–Crippen MR) is 110 cm³/mol. The number of carbonyl (C=O) groups excluding carboxylic acids is 1. The quantitative estimate of drug-likeness (QED) is 0.467. The van der Waals surface area contributed by atoms with E-state index in [9.17, 15) is 4.79 Å². The number of hydrogen-bond donors (Lipinski definition) is 1. The molecule has 0 fully saturated rings. The number of furan rings is 1. The smallest absolute Gasteiger partial charge is 0.291 e. The van der Waals surface area contributed by atoms with Gasteiger partial charge in [-0.05, 0) is 50.2 Å². The van der Waals surface area contributed by atoms with Crippen molar-refractivity contribution < 1.29 is 9.21 Å². The molecule has 5 aromatic rings. The van der Waals surface area contributed by atoms with Crippen LogP contribution in [0.5, 0.6) is 0 Å². The Morgan fingerprint density at radius 3 is 2.75 bits per heavy atom. The Kier molecular flexibility index (Phi) is 3.77. The summed E-state index contributed by atoms with van der Waals surface area (Å²) in [6.07, 6.45) is 0. The number of aromatic nitrogens is 3. The number of benzene rings is 2. The summed E-state index contributed by atoms with van der Waals surface area (Å²) in [5.41, 5.74) is 4.25. The van der Waals surface area contributed by atoms with E-state index in [1.807, 2.05) is 67.1 Å². The summed E-state index contributed by atoms with van der Waals surface area (Å²) in [7, 11) is 0. The van der Waals surface area contributed by atoms with Crippen LogP contribution in [0.25, 0.3) is 26.3 Å². The summed E-state index contributed by atoms with van der Waals surface area (Å²) in [5.74, 6) is 0.00719. The van der Waals surface area contributed by atoms with Crippen LogP contribution in [0.1, 0.15) is 21.9 Å². The van der Waals surface area contributed by atoms with Gasteiger partial charge in [-0.1, -0.05) is 29.5 Å². The van der Waals surface area contributed by atoms with Crippen LogP contribution >= 0.6 is 11.3 Å². The average Bonchev–Trinajstić information content (AvgIpc) is 3.37. The second-order valence-electron chi connectivity index (χ2n) is 6.62. The molecule has 0 aliphatic rings. The highest BCUT2D eigenvalue weighted by Gasteiger charge is 2.14. The molecule has 0 bridgehead atoms. The van der Waals surface area contributed by atoms with Gasteiger partial charge < -0.3 is 9.73 Å². The van der Waals surface area contributed by atoms with Crippen LogP contribution in [0.15, 0.2) is 59.0 Å². The molecule has 3 aromatic heterocycles. The van der Waals surface area contributed by atoms with Crippen LogP contribution in [-0.4, -0.2) is 20.7 Å². The summed E-state index contributed by atoms with van der Waals surface area (Å²) < 4.78 is 8.45. The summed E-state index contributed by atoms with van der Waals surface area (Å²) in [5, 5.41) is 9.10. The van der Waals surface area contributed by atoms with Crippen LogP contribution in [-0.2, 0) is 0 Å². The third-order valence-electron chi connectivity index (χ3n) is 4.48. The molecular formula is C21H16N4O2S. The summed E-state index contributed by atoms with van der Waals surface area (Å²) in [6.45, 7) is 3.97. The van der Waals surface area contributed by atoms with Crippen LogP contribution in [0.2, 0.25) is 0 Å². The lowest BCUT2D eigenvalue weighted by molar-refractivity contribution is 0.0998. The van der Waals surface area contributed by atoms with Crippen molar-refractivity contribution in [3.8, 4) is 5.13 Å². The number of para-hydroxylation sites is 1.